The zero-order chi connectivity index (χ0) is 15.2. The Bertz CT molecular complexity index is 576. The molecule has 2 rings (SSSR count). The summed E-state index contributed by atoms with van der Waals surface area (Å²) in [4.78, 5) is 4.61. The molecular formula is C18H24N2O. The molecule has 0 radical (unpaired) electrons. The summed E-state index contributed by atoms with van der Waals surface area (Å²) in [6.45, 7) is 10.3. The molecule has 21 heavy (non-hydrogen) atoms. The summed E-state index contributed by atoms with van der Waals surface area (Å²) in [5, 5.41) is 3.35. The van der Waals surface area contributed by atoms with Crippen LogP contribution in [0.2, 0.25) is 0 Å². The minimum Gasteiger partial charge on any atom is -0.439 e. The van der Waals surface area contributed by atoms with Crippen LogP contribution in [0.4, 0.5) is 0 Å². The maximum absolute atomic E-state index is 5.91. The predicted molar refractivity (Wildman–Crippen MR) is 87.0 cm³/mol. The first-order chi connectivity index (χ1) is 10.1. The Morgan fingerprint density at radius 3 is 2.48 bits per heavy atom. The number of nitrogens with zero attached hydrogens (tertiary/aromatic N) is 1. The van der Waals surface area contributed by atoms with Crippen molar-refractivity contribution in [2.24, 2.45) is 0 Å². The van der Waals surface area contributed by atoms with E-state index in [1.807, 2.05) is 30.3 Å². The Morgan fingerprint density at radius 2 is 1.86 bits per heavy atom. The van der Waals surface area contributed by atoms with E-state index in [0.717, 1.165) is 24.5 Å². The lowest BCUT2D eigenvalue weighted by Crippen LogP contribution is -2.12. The van der Waals surface area contributed by atoms with E-state index < -0.39 is 0 Å². The SMILES string of the molecule is CCNCc1cc(Oc2ccc(C)cc2)nc(C(C)C)c1. The Morgan fingerprint density at radius 1 is 1.14 bits per heavy atom. The van der Waals surface area contributed by atoms with Gasteiger partial charge in [-0.1, -0.05) is 38.5 Å². The minimum atomic E-state index is 0.381. The van der Waals surface area contributed by atoms with Crippen molar-refractivity contribution in [3.05, 3.63) is 53.2 Å². The molecule has 0 fully saturated rings. The van der Waals surface area contributed by atoms with Gasteiger partial charge in [0, 0.05) is 18.3 Å². The Hall–Kier alpha value is -1.87. The average Bonchev–Trinajstić information content (AvgIpc) is 2.47. The van der Waals surface area contributed by atoms with Crippen LogP contribution in [-0.4, -0.2) is 11.5 Å². The molecule has 3 nitrogen and oxygen atoms in total. The van der Waals surface area contributed by atoms with Gasteiger partial charge >= 0.3 is 0 Å². The van der Waals surface area contributed by atoms with E-state index in [-0.39, 0.29) is 0 Å². The van der Waals surface area contributed by atoms with Crippen LogP contribution in [-0.2, 0) is 6.54 Å². The summed E-state index contributed by atoms with van der Waals surface area (Å²) in [6.07, 6.45) is 0. The second kappa shape index (κ2) is 7.23. The van der Waals surface area contributed by atoms with Gasteiger partial charge in [-0.2, -0.15) is 0 Å². The van der Waals surface area contributed by atoms with Crippen LogP contribution in [0, 0.1) is 6.92 Å². The van der Waals surface area contributed by atoms with E-state index >= 15 is 0 Å². The molecule has 1 aromatic carbocycles. The molecule has 0 aliphatic heterocycles. The molecular weight excluding hydrogens is 260 g/mol. The number of benzene rings is 1. The first kappa shape index (κ1) is 15.5. The largest absolute Gasteiger partial charge is 0.439 e. The molecule has 112 valence electrons. The zero-order valence-electron chi connectivity index (χ0n) is 13.3. The first-order valence-corrected chi connectivity index (χ1v) is 7.54. The topological polar surface area (TPSA) is 34.1 Å². The summed E-state index contributed by atoms with van der Waals surface area (Å²) in [5.74, 6) is 1.87. The maximum Gasteiger partial charge on any atom is 0.219 e. The highest BCUT2D eigenvalue weighted by atomic mass is 16.5. The van der Waals surface area contributed by atoms with Gasteiger partial charge in [-0.05, 0) is 43.1 Å². The number of aromatic nitrogens is 1. The van der Waals surface area contributed by atoms with Crippen LogP contribution in [0.25, 0.3) is 0 Å². The highest BCUT2D eigenvalue weighted by molar-refractivity contribution is 5.33. The van der Waals surface area contributed by atoms with Crippen molar-refractivity contribution in [2.75, 3.05) is 6.54 Å². The fraction of sp³-hybridized carbons (Fsp3) is 0.389. The smallest absolute Gasteiger partial charge is 0.219 e. The van der Waals surface area contributed by atoms with Crippen molar-refractivity contribution >= 4 is 0 Å². The Kier molecular flexibility index (Phi) is 5.34. The standard InChI is InChI=1S/C18H24N2O/c1-5-19-12-15-10-17(13(2)3)20-18(11-15)21-16-8-6-14(4)7-9-16/h6-11,13,19H,5,12H2,1-4H3. The number of pyridine rings is 1. The lowest BCUT2D eigenvalue weighted by Gasteiger charge is -2.12. The van der Waals surface area contributed by atoms with Crippen LogP contribution in [0.5, 0.6) is 11.6 Å². The number of aryl methyl sites for hydroxylation is 1. The molecule has 0 aliphatic rings. The predicted octanol–water partition coefficient (Wildman–Crippen LogP) is 4.42. The number of nitrogens with one attached hydrogen (secondary N) is 1. The van der Waals surface area contributed by atoms with Crippen molar-refractivity contribution in [1.82, 2.24) is 10.3 Å². The summed E-state index contributed by atoms with van der Waals surface area (Å²) in [6, 6.07) is 12.2. The minimum absolute atomic E-state index is 0.381. The first-order valence-electron chi connectivity index (χ1n) is 7.54. The van der Waals surface area contributed by atoms with Gasteiger partial charge < -0.3 is 10.1 Å². The van der Waals surface area contributed by atoms with Gasteiger partial charge in [0.1, 0.15) is 5.75 Å². The van der Waals surface area contributed by atoms with Crippen LogP contribution in [0.1, 0.15) is 43.5 Å². The lowest BCUT2D eigenvalue weighted by atomic mass is 10.1. The average molecular weight is 284 g/mol. The molecule has 0 spiro atoms. The molecule has 1 aromatic heterocycles. The van der Waals surface area contributed by atoms with Gasteiger partial charge in [0.2, 0.25) is 5.88 Å². The van der Waals surface area contributed by atoms with Crippen molar-refractivity contribution < 1.29 is 4.74 Å². The van der Waals surface area contributed by atoms with Crippen molar-refractivity contribution in [3.8, 4) is 11.6 Å². The van der Waals surface area contributed by atoms with Gasteiger partial charge in [-0.15, -0.1) is 0 Å². The molecule has 1 heterocycles. The number of ether oxygens (including phenoxy) is 1. The number of hydrogen-bond donors (Lipinski definition) is 1. The highest BCUT2D eigenvalue weighted by Crippen LogP contribution is 2.24. The molecule has 0 bridgehead atoms. The normalized spacial score (nSPS) is 10.9. The second-order valence-corrected chi connectivity index (χ2v) is 5.59. The summed E-state index contributed by atoms with van der Waals surface area (Å²) in [5.41, 5.74) is 3.49. The quantitative estimate of drug-likeness (QED) is 0.853. The van der Waals surface area contributed by atoms with E-state index in [0.29, 0.717) is 11.8 Å². The number of rotatable bonds is 6. The fourth-order valence-electron chi connectivity index (χ4n) is 2.03. The fourth-order valence-corrected chi connectivity index (χ4v) is 2.03. The van der Waals surface area contributed by atoms with E-state index in [2.05, 4.69) is 44.1 Å². The summed E-state index contributed by atoms with van der Waals surface area (Å²) < 4.78 is 5.91. The van der Waals surface area contributed by atoms with Gasteiger partial charge in [-0.3, -0.25) is 0 Å². The van der Waals surface area contributed by atoms with Crippen LogP contribution in [0.3, 0.4) is 0 Å². The van der Waals surface area contributed by atoms with Crippen LogP contribution >= 0.6 is 0 Å². The molecule has 0 unspecified atom stereocenters. The number of hydrogen-bond acceptors (Lipinski definition) is 3. The summed E-state index contributed by atoms with van der Waals surface area (Å²) in [7, 11) is 0. The second-order valence-electron chi connectivity index (χ2n) is 5.59. The Labute approximate surface area is 127 Å². The third kappa shape index (κ3) is 4.57. The van der Waals surface area contributed by atoms with E-state index in [4.69, 9.17) is 4.74 Å². The van der Waals surface area contributed by atoms with E-state index in [9.17, 15) is 0 Å². The van der Waals surface area contributed by atoms with Crippen LogP contribution < -0.4 is 10.1 Å². The highest BCUT2D eigenvalue weighted by Gasteiger charge is 2.08. The monoisotopic (exact) mass is 284 g/mol. The van der Waals surface area contributed by atoms with Gasteiger partial charge in [0.05, 0.1) is 0 Å². The molecule has 3 heteroatoms. The molecule has 0 saturated carbocycles. The Balaban J connectivity index is 2.24. The van der Waals surface area contributed by atoms with Gasteiger partial charge in [0.25, 0.3) is 0 Å². The molecule has 0 amide bonds. The van der Waals surface area contributed by atoms with Crippen LogP contribution in [0.15, 0.2) is 36.4 Å². The van der Waals surface area contributed by atoms with Gasteiger partial charge in [-0.25, -0.2) is 4.98 Å². The maximum atomic E-state index is 5.91. The molecule has 0 aliphatic carbocycles. The van der Waals surface area contributed by atoms with E-state index in [1.165, 1.54) is 11.1 Å². The third-order valence-electron chi connectivity index (χ3n) is 3.30. The van der Waals surface area contributed by atoms with Gasteiger partial charge in [0.15, 0.2) is 0 Å². The molecule has 2 aromatic rings. The van der Waals surface area contributed by atoms with Crippen molar-refractivity contribution in [1.29, 1.82) is 0 Å². The van der Waals surface area contributed by atoms with E-state index in [1.54, 1.807) is 0 Å². The van der Waals surface area contributed by atoms with Crippen molar-refractivity contribution in [3.63, 3.8) is 0 Å². The molecule has 0 atom stereocenters. The molecule has 0 saturated heterocycles. The molecule has 1 N–H and O–H groups in total. The zero-order valence-corrected chi connectivity index (χ0v) is 13.3. The van der Waals surface area contributed by atoms with Crippen molar-refractivity contribution in [2.45, 2.75) is 40.2 Å². The lowest BCUT2D eigenvalue weighted by molar-refractivity contribution is 0.458. The third-order valence-corrected chi connectivity index (χ3v) is 3.30. The summed E-state index contributed by atoms with van der Waals surface area (Å²) >= 11 is 0.